The highest BCUT2D eigenvalue weighted by Crippen LogP contribution is 2.39. The zero-order valence-corrected chi connectivity index (χ0v) is 17.9. The van der Waals surface area contributed by atoms with E-state index in [1.807, 2.05) is 65.0 Å². The van der Waals surface area contributed by atoms with Crippen LogP contribution in [-0.4, -0.2) is 26.7 Å². The van der Waals surface area contributed by atoms with Crippen LogP contribution in [0.3, 0.4) is 0 Å². The molecule has 0 aromatic heterocycles. The van der Waals surface area contributed by atoms with Gasteiger partial charge in [-0.1, -0.05) is 48.0 Å². The predicted octanol–water partition coefficient (Wildman–Crippen LogP) is 4.11. The molecule has 2 aromatic rings. The number of aryl methyl sites for hydroxylation is 1. The third kappa shape index (κ3) is 4.49. The number of hydrogen-bond donors (Lipinski definition) is 1. The van der Waals surface area contributed by atoms with Gasteiger partial charge in [0, 0.05) is 12.4 Å². The van der Waals surface area contributed by atoms with Gasteiger partial charge in [0.25, 0.3) is 0 Å². The quantitative estimate of drug-likeness (QED) is 0.740. The molecule has 28 heavy (non-hydrogen) atoms. The summed E-state index contributed by atoms with van der Waals surface area (Å²) < 4.78 is 41.0. The summed E-state index contributed by atoms with van der Waals surface area (Å²) in [5.41, 5.74) is 0.951. The summed E-state index contributed by atoms with van der Waals surface area (Å²) in [6, 6.07) is 15.9. The molecule has 1 fully saturated rings. The first kappa shape index (κ1) is 21.1. The minimum Gasteiger partial charge on any atom is -0.403 e. The number of hydrogen-bond acceptors (Lipinski definition) is 4. The third-order valence-corrected chi connectivity index (χ3v) is 7.05. The Morgan fingerprint density at radius 2 is 1.46 bits per heavy atom. The molecular formula is C21H28BNO4S. The minimum absolute atomic E-state index is 0.243. The molecule has 0 amide bonds. The Balaban J connectivity index is 1.86. The van der Waals surface area contributed by atoms with Crippen LogP contribution in [0.4, 0.5) is 0 Å². The van der Waals surface area contributed by atoms with Gasteiger partial charge in [0.05, 0.1) is 16.1 Å². The summed E-state index contributed by atoms with van der Waals surface area (Å²) in [6.45, 7) is 9.87. The Labute approximate surface area is 168 Å². The fourth-order valence-electron chi connectivity index (χ4n) is 3.16. The molecule has 2 aromatic carbocycles. The van der Waals surface area contributed by atoms with Gasteiger partial charge in [0.2, 0.25) is 10.0 Å². The largest absolute Gasteiger partial charge is 0.459 e. The first-order valence-electron chi connectivity index (χ1n) is 9.50. The average molecular weight is 401 g/mol. The maximum atomic E-state index is 13.0. The third-order valence-electron chi connectivity index (χ3n) is 5.56. The van der Waals surface area contributed by atoms with Crippen LogP contribution in [0.25, 0.3) is 0 Å². The van der Waals surface area contributed by atoms with Gasteiger partial charge in [-0.3, -0.25) is 0 Å². The van der Waals surface area contributed by atoms with E-state index >= 15 is 0 Å². The molecule has 150 valence electrons. The second kappa shape index (κ2) is 7.63. The molecule has 1 heterocycles. The molecule has 1 aliphatic heterocycles. The van der Waals surface area contributed by atoms with Crippen LogP contribution in [0.5, 0.6) is 0 Å². The van der Waals surface area contributed by atoms with E-state index < -0.39 is 34.4 Å². The van der Waals surface area contributed by atoms with Gasteiger partial charge >= 0.3 is 7.12 Å². The van der Waals surface area contributed by atoms with Crippen LogP contribution < -0.4 is 4.72 Å². The number of benzene rings is 2. The van der Waals surface area contributed by atoms with Gasteiger partial charge in [0.1, 0.15) is 0 Å². The van der Waals surface area contributed by atoms with Crippen LogP contribution >= 0.6 is 0 Å². The molecule has 5 nitrogen and oxygen atoms in total. The van der Waals surface area contributed by atoms with Crippen molar-refractivity contribution in [2.24, 2.45) is 0 Å². The lowest BCUT2D eigenvalue weighted by Gasteiger charge is -2.32. The van der Waals surface area contributed by atoms with Crippen LogP contribution in [0.1, 0.15) is 44.9 Å². The van der Waals surface area contributed by atoms with Gasteiger partial charge in [-0.25, -0.2) is 13.1 Å². The van der Waals surface area contributed by atoms with Crippen molar-refractivity contribution < 1.29 is 17.7 Å². The molecular weight excluding hydrogens is 373 g/mol. The Morgan fingerprint density at radius 1 is 0.929 bits per heavy atom. The van der Waals surface area contributed by atoms with Crippen molar-refractivity contribution in [1.82, 2.24) is 4.72 Å². The average Bonchev–Trinajstić information content (AvgIpc) is 2.82. The monoisotopic (exact) mass is 401 g/mol. The van der Waals surface area contributed by atoms with Crippen molar-refractivity contribution in [2.45, 2.75) is 63.1 Å². The Hall–Kier alpha value is -1.67. The highest BCUT2D eigenvalue weighted by atomic mass is 32.2. The second-order valence-electron chi connectivity index (χ2n) is 8.32. The van der Waals surface area contributed by atoms with Gasteiger partial charge in [-0.05, 0) is 52.3 Å². The molecule has 1 unspecified atom stereocenters. The van der Waals surface area contributed by atoms with Gasteiger partial charge in [-0.2, -0.15) is 0 Å². The molecule has 1 saturated heterocycles. The fraction of sp³-hybridized carbons (Fsp3) is 0.429. The van der Waals surface area contributed by atoms with Crippen molar-refractivity contribution in [1.29, 1.82) is 0 Å². The van der Waals surface area contributed by atoms with Gasteiger partial charge in [-0.15, -0.1) is 0 Å². The number of rotatable bonds is 6. The van der Waals surface area contributed by atoms with Crippen molar-refractivity contribution >= 4 is 17.1 Å². The molecule has 7 heteroatoms. The highest BCUT2D eigenvalue weighted by Gasteiger charge is 2.51. The topological polar surface area (TPSA) is 64.6 Å². The van der Waals surface area contributed by atoms with Crippen molar-refractivity contribution in [3.05, 3.63) is 65.7 Å². The van der Waals surface area contributed by atoms with E-state index in [9.17, 15) is 8.42 Å². The van der Waals surface area contributed by atoms with Crippen LogP contribution in [-0.2, 0) is 19.3 Å². The first-order chi connectivity index (χ1) is 13.0. The lowest BCUT2D eigenvalue weighted by Crippen LogP contribution is -2.41. The summed E-state index contributed by atoms with van der Waals surface area (Å²) in [4.78, 5) is 0.243. The summed E-state index contributed by atoms with van der Waals surface area (Å²) in [7, 11) is -4.19. The predicted molar refractivity (Wildman–Crippen MR) is 112 cm³/mol. The van der Waals surface area contributed by atoms with Crippen molar-refractivity contribution in [3.8, 4) is 0 Å². The van der Waals surface area contributed by atoms with E-state index in [0.717, 1.165) is 11.1 Å². The first-order valence-corrected chi connectivity index (χ1v) is 11.0. The molecule has 1 atom stereocenters. The maximum Gasteiger partial charge on any atom is 0.459 e. The molecule has 0 radical (unpaired) electrons. The van der Waals surface area contributed by atoms with Crippen molar-refractivity contribution in [2.75, 3.05) is 0 Å². The van der Waals surface area contributed by atoms with E-state index in [4.69, 9.17) is 9.31 Å². The van der Waals surface area contributed by atoms with E-state index in [-0.39, 0.29) is 4.90 Å². The lowest BCUT2D eigenvalue weighted by atomic mass is 9.79. The zero-order chi connectivity index (χ0) is 20.6. The standard InChI is InChI=1S/C21H28BNO4S/c1-16-11-13-18(14-12-16)28(24,25)23-19(17-9-7-6-8-10-17)15-22-26-20(2,3)21(4,5)27-22/h6-14,19,23H,15H2,1-5H3. The molecule has 1 aliphatic rings. The summed E-state index contributed by atoms with van der Waals surface area (Å²) in [5, 5.41) is 0. The Morgan fingerprint density at radius 3 is 2.00 bits per heavy atom. The normalized spacial score (nSPS) is 19.5. The minimum atomic E-state index is -3.68. The summed E-state index contributed by atoms with van der Waals surface area (Å²) >= 11 is 0. The molecule has 0 bridgehead atoms. The van der Waals surface area contributed by atoms with Crippen LogP contribution in [0.2, 0.25) is 6.32 Å². The number of sulfonamides is 1. The maximum absolute atomic E-state index is 13.0. The van der Waals surface area contributed by atoms with Gasteiger partial charge < -0.3 is 9.31 Å². The molecule has 0 spiro atoms. The molecule has 0 aliphatic carbocycles. The van der Waals surface area contributed by atoms with E-state index in [0.29, 0.717) is 6.32 Å². The van der Waals surface area contributed by atoms with E-state index in [1.54, 1.807) is 24.3 Å². The molecule has 0 saturated carbocycles. The van der Waals surface area contributed by atoms with Gasteiger partial charge in [0.15, 0.2) is 0 Å². The molecule has 1 N–H and O–H groups in total. The smallest absolute Gasteiger partial charge is 0.403 e. The van der Waals surface area contributed by atoms with Crippen molar-refractivity contribution in [3.63, 3.8) is 0 Å². The lowest BCUT2D eigenvalue weighted by molar-refractivity contribution is 0.00578. The fourth-order valence-corrected chi connectivity index (χ4v) is 4.40. The Kier molecular flexibility index (Phi) is 5.74. The van der Waals surface area contributed by atoms with E-state index in [1.165, 1.54) is 0 Å². The Bertz CT molecular complexity index is 895. The van der Waals surface area contributed by atoms with Crippen LogP contribution in [0.15, 0.2) is 59.5 Å². The highest BCUT2D eigenvalue weighted by molar-refractivity contribution is 7.89. The zero-order valence-electron chi connectivity index (χ0n) is 17.1. The SMILES string of the molecule is Cc1ccc(S(=O)(=O)NC(CB2OC(C)(C)C(C)(C)O2)c2ccccc2)cc1. The second-order valence-corrected chi connectivity index (χ2v) is 10.0. The molecule has 3 rings (SSSR count). The number of nitrogens with one attached hydrogen (secondary N) is 1. The summed E-state index contributed by atoms with van der Waals surface area (Å²) in [6.07, 6.45) is 0.377. The summed E-state index contributed by atoms with van der Waals surface area (Å²) in [5.74, 6) is 0. The van der Waals surface area contributed by atoms with E-state index in [2.05, 4.69) is 4.72 Å². The van der Waals surface area contributed by atoms with Crippen LogP contribution in [0, 0.1) is 6.92 Å².